The first-order valence-electron chi connectivity index (χ1n) is 6.90. The fraction of sp³-hybridized carbons (Fsp3) is 1.00. The summed E-state index contributed by atoms with van der Waals surface area (Å²) in [6, 6.07) is 0.259. The van der Waals surface area contributed by atoms with Gasteiger partial charge in [-0.1, -0.05) is 0 Å². The van der Waals surface area contributed by atoms with Crippen LogP contribution in [0, 0.1) is 0 Å². The number of nitrogens with zero attached hydrogens (tertiary/aromatic N) is 1. The van der Waals surface area contributed by atoms with Crippen molar-refractivity contribution >= 4 is 10.0 Å². The minimum atomic E-state index is -3.06. The first kappa shape index (κ1) is 12.8. The maximum atomic E-state index is 12.3. The van der Waals surface area contributed by atoms with Crippen LogP contribution in [0.15, 0.2) is 0 Å². The maximum absolute atomic E-state index is 12.3. The third-order valence-corrected chi connectivity index (χ3v) is 6.81. The Hall–Kier alpha value is -0.170. The molecule has 1 saturated heterocycles. The summed E-state index contributed by atoms with van der Waals surface area (Å²) >= 11 is 0. The SMILES string of the molecule is NC1CCC2(CC1)CN(S(=O)(=O)C1CC1)CCO2. The van der Waals surface area contributed by atoms with Gasteiger partial charge in [-0.2, -0.15) is 4.31 Å². The minimum Gasteiger partial charge on any atom is -0.372 e. The van der Waals surface area contributed by atoms with Crippen LogP contribution in [0.2, 0.25) is 0 Å². The van der Waals surface area contributed by atoms with Gasteiger partial charge in [0.2, 0.25) is 10.0 Å². The van der Waals surface area contributed by atoms with Gasteiger partial charge in [-0.3, -0.25) is 0 Å². The molecule has 2 saturated carbocycles. The molecule has 1 aliphatic heterocycles. The van der Waals surface area contributed by atoms with Gasteiger partial charge in [-0.05, 0) is 38.5 Å². The standard InChI is InChI=1S/C12H22N2O3S/c13-10-3-5-12(6-4-10)9-14(7-8-17-12)18(15,16)11-1-2-11/h10-11H,1-9,13H2. The van der Waals surface area contributed by atoms with Crippen molar-refractivity contribution in [2.45, 2.75) is 55.4 Å². The summed E-state index contributed by atoms with van der Waals surface area (Å²) in [6.45, 7) is 1.59. The third-order valence-electron chi connectivity index (χ3n) is 4.46. The van der Waals surface area contributed by atoms with Crippen LogP contribution in [0.5, 0.6) is 0 Å². The molecule has 3 rings (SSSR count). The Balaban J connectivity index is 1.72. The Kier molecular flexibility index (Phi) is 3.17. The summed E-state index contributed by atoms with van der Waals surface area (Å²) < 4.78 is 32.2. The smallest absolute Gasteiger partial charge is 0.217 e. The molecule has 0 atom stereocenters. The number of hydrogen-bond acceptors (Lipinski definition) is 4. The van der Waals surface area contributed by atoms with E-state index in [0.29, 0.717) is 19.7 Å². The quantitative estimate of drug-likeness (QED) is 0.793. The average Bonchev–Trinajstić information content (AvgIpc) is 3.18. The zero-order valence-corrected chi connectivity index (χ0v) is 11.5. The van der Waals surface area contributed by atoms with Crippen LogP contribution in [0.3, 0.4) is 0 Å². The van der Waals surface area contributed by atoms with Crippen LogP contribution in [0.4, 0.5) is 0 Å². The second-order valence-corrected chi connectivity index (χ2v) is 8.16. The van der Waals surface area contributed by atoms with Crippen LogP contribution in [0.1, 0.15) is 38.5 Å². The van der Waals surface area contributed by atoms with Gasteiger partial charge in [-0.25, -0.2) is 8.42 Å². The highest BCUT2D eigenvalue weighted by molar-refractivity contribution is 7.90. The highest BCUT2D eigenvalue weighted by atomic mass is 32.2. The average molecular weight is 274 g/mol. The molecule has 5 nitrogen and oxygen atoms in total. The molecule has 0 unspecified atom stereocenters. The van der Waals surface area contributed by atoms with Crippen LogP contribution in [0.25, 0.3) is 0 Å². The second kappa shape index (κ2) is 4.44. The normalized spacial score (nSPS) is 39.1. The monoisotopic (exact) mass is 274 g/mol. The largest absolute Gasteiger partial charge is 0.372 e. The molecule has 1 heterocycles. The molecule has 0 aromatic rings. The molecule has 1 spiro atoms. The number of hydrogen-bond donors (Lipinski definition) is 1. The third kappa shape index (κ3) is 2.31. The van der Waals surface area contributed by atoms with Crippen molar-refractivity contribution in [1.82, 2.24) is 4.31 Å². The van der Waals surface area contributed by atoms with Crippen LogP contribution >= 0.6 is 0 Å². The van der Waals surface area contributed by atoms with Crippen LogP contribution in [-0.4, -0.2) is 49.3 Å². The minimum absolute atomic E-state index is 0.113. The molecule has 0 radical (unpaired) electrons. The summed E-state index contributed by atoms with van der Waals surface area (Å²) in [5.74, 6) is 0. The lowest BCUT2D eigenvalue weighted by atomic mass is 9.81. The van der Waals surface area contributed by atoms with E-state index in [1.165, 1.54) is 0 Å². The van der Waals surface area contributed by atoms with Gasteiger partial charge in [0.15, 0.2) is 0 Å². The molecule has 18 heavy (non-hydrogen) atoms. The predicted octanol–water partition coefficient (Wildman–Crippen LogP) is 0.451. The van der Waals surface area contributed by atoms with Gasteiger partial charge >= 0.3 is 0 Å². The van der Waals surface area contributed by atoms with Gasteiger partial charge in [0, 0.05) is 19.1 Å². The van der Waals surface area contributed by atoms with E-state index in [1.807, 2.05) is 0 Å². The molecule has 3 fully saturated rings. The molecule has 0 bridgehead atoms. The summed E-state index contributed by atoms with van der Waals surface area (Å²) in [5, 5.41) is -0.113. The Morgan fingerprint density at radius 1 is 1.17 bits per heavy atom. The number of morpholine rings is 1. The van der Waals surface area contributed by atoms with E-state index in [9.17, 15) is 8.42 Å². The molecule has 6 heteroatoms. The lowest BCUT2D eigenvalue weighted by molar-refractivity contribution is -0.111. The molecule has 0 amide bonds. The molecule has 0 aromatic carbocycles. The van der Waals surface area contributed by atoms with Gasteiger partial charge in [0.05, 0.1) is 17.5 Å². The van der Waals surface area contributed by atoms with Gasteiger partial charge in [0.1, 0.15) is 0 Å². The van der Waals surface area contributed by atoms with Crippen LogP contribution < -0.4 is 5.73 Å². The Labute approximate surface area is 109 Å². The summed E-state index contributed by atoms with van der Waals surface area (Å²) in [5.41, 5.74) is 5.66. The van der Waals surface area contributed by atoms with Gasteiger partial charge < -0.3 is 10.5 Å². The maximum Gasteiger partial charge on any atom is 0.217 e. The van der Waals surface area contributed by atoms with Crippen molar-refractivity contribution in [1.29, 1.82) is 0 Å². The highest BCUT2D eigenvalue weighted by Crippen LogP contribution is 2.38. The number of nitrogens with two attached hydrogens (primary N) is 1. The second-order valence-electron chi connectivity index (χ2n) is 5.95. The first-order valence-corrected chi connectivity index (χ1v) is 8.41. The lowest BCUT2D eigenvalue weighted by Crippen LogP contribution is -2.56. The molecular weight excluding hydrogens is 252 g/mol. The highest BCUT2D eigenvalue weighted by Gasteiger charge is 2.46. The molecule has 2 aliphatic carbocycles. The zero-order chi connectivity index (χ0) is 12.8. The van der Waals surface area contributed by atoms with E-state index in [4.69, 9.17) is 10.5 Å². The lowest BCUT2D eigenvalue weighted by Gasteiger charge is -2.45. The molecule has 2 N–H and O–H groups in total. The fourth-order valence-electron chi connectivity index (χ4n) is 3.07. The van der Waals surface area contributed by atoms with Crippen LogP contribution in [-0.2, 0) is 14.8 Å². The van der Waals surface area contributed by atoms with E-state index in [0.717, 1.165) is 38.5 Å². The van der Waals surface area contributed by atoms with E-state index in [1.54, 1.807) is 4.31 Å². The Bertz CT molecular complexity index is 411. The van der Waals surface area contributed by atoms with E-state index >= 15 is 0 Å². The van der Waals surface area contributed by atoms with E-state index < -0.39 is 10.0 Å². The molecule has 104 valence electrons. The van der Waals surface area contributed by atoms with Crippen molar-refractivity contribution in [2.24, 2.45) is 5.73 Å². The van der Waals surface area contributed by atoms with E-state index in [-0.39, 0.29) is 16.9 Å². The van der Waals surface area contributed by atoms with Crippen molar-refractivity contribution in [3.63, 3.8) is 0 Å². The van der Waals surface area contributed by atoms with Crippen molar-refractivity contribution in [3.05, 3.63) is 0 Å². The zero-order valence-electron chi connectivity index (χ0n) is 10.7. The van der Waals surface area contributed by atoms with Gasteiger partial charge in [-0.15, -0.1) is 0 Å². The fourth-order valence-corrected chi connectivity index (χ4v) is 4.97. The number of sulfonamides is 1. The Morgan fingerprint density at radius 2 is 1.83 bits per heavy atom. The Morgan fingerprint density at radius 3 is 2.44 bits per heavy atom. The molecule has 0 aromatic heterocycles. The van der Waals surface area contributed by atoms with Crippen molar-refractivity contribution in [3.8, 4) is 0 Å². The van der Waals surface area contributed by atoms with Gasteiger partial charge in [0.25, 0.3) is 0 Å². The summed E-state index contributed by atoms with van der Waals surface area (Å²) in [4.78, 5) is 0. The number of ether oxygens (including phenoxy) is 1. The topological polar surface area (TPSA) is 72.6 Å². The van der Waals surface area contributed by atoms with Crippen molar-refractivity contribution < 1.29 is 13.2 Å². The number of rotatable bonds is 2. The molecular formula is C12H22N2O3S. The summed E-state index contributed by atoms with van der Waals surface area (Å²) in [6.07, 6.45) is 5.33. The van der Waals surface area contributed by atoms with E-state index in [2.05, 4.69) is 0 Å². The predicted molar refractivity (Wildman–Crippen MR) is 68.6 cm³/mol. The first-order chi connectivity index (χ1) is 8.52. The molecule has 3 aliphatic rings. The van der Waals surface area contributed by atoms with Crippen molar-refractivity contribution in [2.75, 3.05) is 19.7 Å². The summed E-state index contributed by atoms with van der Waals surface area (Å²) in [7, 11) is -3.06.